The molecule has 8 nitrogen and oxygen atoms in total. The van der Waals surface area contributed by atoms with Gasteiger partial charge in [0.15, 0.2) is 11.4 Å². The van der Waals surface area contributed by atoms with E-state index >= 15 is 0 Å². The van der Waals surface area contributed by atoms with E-state index in [1.807, 2.05) is 13.8 Å². The summed E-state index contributed by atoms with van der Waals surface area (Å²) in [6.45, 7) is 13.5. The topological polar surface area (TPSA) is 130 Å². The van der Waals surface area contributed by atoms with E-state index in [1.165, 1.54) is 0 Å². The number of fused-ring (bicyclic) bond motifs is 5. The van der Waals surface area contributed by atoms with Crippen LogP contribution in [-0.2, 0) is 23.9 Å². The van der Waals surface area contributed by atoms with Crippen LogP contribution in [0.15, 0.2) is 34.9 Å². The zero-order valence-corrected chi connectivity index (χ0v) is 23.0. The number of aliphatic hydroxyl groups excluding tert-OH is 1. The lowest BCUT2D eigenvalue weighted by Crippen LogP contribution is -2.66. The molecule has 4 rings (SSSR count). The molecule has 4 aliphatic carbocycles. The number of rotatable bonds is 5. The van der Waals surface area contributed by atoms with E-state index in [4.69, 9.17) is 9.47 Å². The Morgan fingerprint density at radius 3 is 2.38 bits per heavy atom. The highest BCUT2D eigenvalue weighted by molar-refractivity contribution is 6.04. The van der Waals surface area contributed by atoms with Crippen LogP contribution in [0.25, 0.3) is 0 Å². The SMILES string of the molecule is C/C=C(\C)C(=O)O[C@@H]1[C@@H](C)[C@@]2(O)[C@@H](C=C(CO)C[C@]3(O)C(=O)C(C)=C[C@@H]23)[C@@H]2C(C)(C)[C@]12OC(=O)C(C)C. The second-order valence-electron chi connectivity index (χ2n) is 12.3. The van der Waals surface area contributed by atoms with Gasteiger partial charge >= 0.3 is 11.9 Å². The highest BCUT2D eigenvalue weighted by Gasteiger charge is 2.88. The molecular formula is C29H40O8. The molecule has 0 aromatic heterocycles. The third kappa shape index (κ3) is 3.48. The number of hydrogen-bond acceptors (Lipinski definition) is 8. The molecule has 8 atom stereocenters. The predicted molar refractivity (Wildman–Crippen MR) is 135 cm³/mol. The third-order valence-corrected chi connectivity index (χ3v) is 9.69. The Balaban J connectivity index is 1.96. The Morgan fingerprint density at radius 1 is 1.22 bits per heavy atom. The second kappa shape index (κ2) is 8.61. The standard InChI is InChI=1S/C29H40O8/c1-9-15(4)25(33)36-23-17(6)28(35)19(21-26(7,8)29(21,23)37-24(32)14(2)3)11-18(13-30)12-27(34)20(28)10-16(5)22(27)31/h9-11,14,17,19-21,23,30,34-35H,12-13H2,1-8H3/b15-9+/t17-,19+,20-,21-,23-,27-,28-,29-/m1/s1. The maximum Gasteiger partial charge on any atom is 0.333 e. The van der Waals surface area contributed by atoms with Crippen molar-refractivity contribution in [2.24, 2.45) is 35.0 Å². The van der Waals surface area contributed by atoms with Crippen LogP contribution in [0.3, 0.4) is 0 Å². The van der Waals surface area contributed by atoms with Gasteiger partial charge in [-0.3, -0.25) is 9.59 Å². The Labute approximate surface area is 218 Å². The van der Waals surface area contributed by atoms with E-state index in [0.717, 1.165) is 0 Å². The first-order valence-electron chi connectivity index (χ1n) is 13.1. The number of carbonyl (C=O) groups excluding carboxylic acids is 3. The van der Waals surface area contributed by atoms with Crippen molar-refractivity contribution in [3.63, 3.8) is 0 Å². The average Bonchev–Trinajstić information content (AvgIpc) is 3.26. The highest BCUT2D eigenvalue weighted by Crippen LogP contribution is 2.77. The smallest absolute Gasteiger partial charge is 0.333 e. The van der Waals surface area contributed by atoms with Crippen molar-refractivity contribution < 1.29 is 39.2 Å². The van der Waals surface area contributed by atoms with E-state index in [9.17, 15) is 29.7 Å². The molecule has 0 radical (unpaired) electrons. The molecule has 37 heavy (non-hydrogen) atoms. The molecule has 0 amide bonds. The number of aliphatic hydroxyl groups is 3. The van der Waals surface area contributed by atoms with E-state index < -0.39 is 82.2 Å². The Hall–Kier alpha value is -2.29. The van der Waals surface area contributed by atoms with Gasteiger partial charge in [0.2, 0.25) is 0 Å². The number of hydrogen-bond donors (Lipinski definition) is 3. The lowest BCUT2D eigenvalue weighted by molar-refractivity contribution is -0.228. The Kier molecular flexibility index (Phi) is 6.46. The molecule has 0 heterocycles. The first kappa shape index (κ1) is 27.7. The van der Waals surface area contributed by atoms with Gasteiger partial charge in [-0.05, 0) is 31.9 Å². The zero-order chi connectivity index (χ0) is 27.9. The van der Waals surface area contributed by atoms with Crippen molar-refractivity contribution >= 4 is 17.7 Å². The maximum atomic E-state index is 13.2. The average molecular weight is 517 g/mol. The fraction of sp³-hybridized carbons (Fsp3) is 0.690. The summed E-state index contributed by atoms with van der Waals surface area (Å²) in [6.07, 6.45) is 3.81. The lowest BCUT2D eigenvalue weighted by Gasteiger charge is -2.53. The van der Waals surface area contributed by atoms with Crippen LogP contribution in [0.5, 0.6) is 0 Å². The van der Waals surface area contributed by atoms with E-state index in [0.29, 0.717) is 16.7 Å². The van der Waals surface area contributed by atoms with Gasteiger partial charge in [-0.15, -0.1) is 0 Å². The Morgan fingerprint density at radius 2 is 1.84 bits per heavy atom. The van der Waals surface area contributed by atoms with Gasteiger partial charge in [0.05, 0.1) is 18.1 Å². The maximum absolute atomic E-state index is 13.2. The molecular weight excluding hydrogens is 476 g/mol. The minimum Gasteiger partial charge on any atom is -0.454 e. The molecule has 0 aliphatic heterocycles. The lowest BCUT2D eigenvalue weighted by atomic mass is 9.59. The van der Waals surface area contributed by atoms with Gasteiger partial charge in [-0.25, -0.2) is 4.79 Å². The van der Waals surface area contributed by atoms with Crippen molar-refractivity contribution in [2.45, 2.75) is 84.7 Å². The molecule has 3 N–H and O–H groups in total. The summed E-state index contributed by atoms with van der Waals surface area (Å²) in [7, 11) is 0. The zero-order valence-electron chi connectivity index (χ0n) is 23.0. The van der Waals surface area contributed by atoms with E-state index in [-0.39, 0.29) is 6.42 Å². The van der Waals surface area contributed by atoms with Crippen molar-refractivity contribution in [3.8, 4) is 0 Å². The van der Waals surface area contributed by atoms with E-state index in [1.54, 1.807) is 59.8 Å². The monoisotopic (exact) mass is 516 g/mol. The van der Waals surface area contributed by atoms with E-state index in [2.05, 4.69) is 0 Å². The van der Waals surface area contributed by atoms with Crippen LogP contribution in [0.1, 0.15) is 61.8 Å². The number of esters is 2. The van der Waals surface area contributed by atoms with Crippen LogP contribution in [-0.4, -0.2) is 62.6 Å². The van der Waals surface area contributed by atoms with Gasteiger partial charge in [-0.2, -0.15) is 0 Å². The predicted octanol–water partition coefficient (Wildman–Crippen LogP) is 2.65. The molecule has 0 aromatic rings. The fourth-order valence-corrected chi connectivity index (χ4v) is 7.43. The number of Topliss-reactive ketones (excluding diaryl/α,β-unsaturated/α-hetero) is 1. The van der Waals surface area contributed by atoms with Crippen LogP contribution < -0.4 is 0 Å². The molecule has 0 aromatic carbocycles. The molecule has 2 fully saturated rings. The quantitative estimate of drug-likeness (QED) is 0.289. The first-order valence-corrected chi connectivity index (χ1v) is 13.1. The molecule has 0 saturated heterocycles. The number of allylic oxidation sites excluding steroid dienone is 1. The fourth-order valence-electron chi connectivity index (χ4n) is 7.43. The van der Waals surface area contributed by atoms with Crippen LogP contribution in [0.4, 0.5) is 0 Å². The first-order chi connectivity index (χ1) is 17.0. The van der Waals surface area contributed by atoms with Crippen molar-refractivity contribution in [1.29, 1.82) is 0 Å². The summed E-state index contributed by atoms with van der Waals surface area (Å²) < 4.78 is 12.3. The van der Waals surface area contributed by atoms with Crippen molar-refractivity contribution in [2.75, 3.05) is 6.61 Å². The number of carbonyl (C=O) groups is 3. The minimum atomic E-state index is -1.95. The van der Waals surface area contributed by atoms with Gasteiger partial charge in [0.25, 0.3) is 0 Å². The number of ketones is 1. The van der Waals surface area contributed by atoms with Gasteiger partial charge in [0.1, 0.15) is 11.7 Å². The van der Waals surface area contributed by atoms with Gasteiger partial charge < -0.3 is 24.8 Å². The molecule has 0 spiro atoms. The summed E-state index contributed by atoms with van der Waals surface area (Å²) in [5.74, 6) is -5.00. The van der Waals surface area contributed by atoms with Crippen LogP contribution in [0.2, 0.25) is 0 Å². The number of ether oxygens (including phenoxy) is 2. The van der Waals surface area contributed by atoms with Crippen LogP contribution >= 0.6 is 0 Å². The minimum absolute atomic E-state index is 0.125. The van der Waals surface area contributed by atoms with Crippen LogP contribution in [0, 0.1) is 35.0 Å². The summed E-state index contributed by atoms with van der Waals surface area (Å²) in [4.78, 5) is 39.3. The molecule has 204 valence electrons. The molecule has 0 bridgehead atoms. The molecule has 0 unspecified atom stereocenters. The van der Waals surface area contributed by atoms with Crippen molar-refractivity contribution in [3.05, 3.63) is 34.9 Å². The largest absolute Gasteiger partial charge is 0.454 e. The third-order valence-electron chi connectivity index (χ3n) is 9.69. The molecule has 8 heteroatoms. The normalized spacial score (nSPS) is 42.1. The highest BCUT2D eigenvalue weighted by atomic mass is 16.6. The molecule has 2 saturated carbocycles. The van der Waals surface area contributed by atoms with Gasteiger partial charge in [0, 0.05) is 41.1 Å². The molecule has 4 aliphatic rings. The Bertz CT molecular complexity index is 1130. The summed E-state index contributed by atoms with van der Waals surface area (Å²) in [5.41, 5.74) is -4.51. The summed E-state index contributed by atoms with van der Waals surface area (Å²) in [5, 5.41) is 34.6. The van der Waals surface area contributed by atoms with Gasteiger partial charge in [-0.1, -0.05) is 52.8 Å². The summed E-state index contributed by atoms with van der Waals surface area (Å²) >= 11 is 0. The van der Waals surface area contributed by atoms with Crippen molar-refractivity contribution in [1.82, 2.24) is 0 Å². The second-order valence-corrected chi connectivity index (χ2v) is 12.3. The summed E-state index contributed by atoms with van der Waals surface area (Å²) in [6, 6.07) is 0.